The van der Waals surface area contributed by atoms with E-state index in [4.69, 9.17) is 18.0 Å². The van der Waals surface area contributed by atoms with E-state index >= 15 is 0 Å². The van der Waals surface area contributed by atoms with Gasteiger partial charge < -0.3 is 10.6 Å². The quantitative estimate of drug-likeness (QED) is 0.498. The van der Waals surface area contributed by atoms with E-state index in [-0.39, 0.29) is 35.8 Å². The van der Waals surface area contributed by atoms with E-state index in [2.05, 4.69) is 16.6 Å². The van der Waals surface area contributed by atoms with E-state index in [1.807, 2.05) is 4.72 Å². The van der Waals surface area contributed by atoms with Crippen LogP contribution in [0.1, 0.15) is 22.3 Å². The number of nitrogens with one attached hydrogen (secondary N) is 3. The lowest BCUT2D eigenvalue weighted by Gasteiger charge is -2.13. The van der Waals surface area contributed by atoms with E-state index in [0.29, 0.717) is 6.07 Å². The molecular weight excluding hydrogens is 471 g/mol. The summed E-state index contributed by atoms with van der Waals surface area (Å²) in [4.78, 5) is 23.5. The van der Waals surface area contributed by atoms with Crippen molar-refractivity contribution in [2.45, 2.75) is 17.5 Å². The largest absolute Gasteiger partial charge is 0.416 e. The lowest BCUT2D eigenvalue weighted by molar-refractivity contribution is -0.137. The zero-order chi connectivity index (χ0) is 23.9. The van der Waals surface area contributed by atoms with Gasteiger partial charge in [0.2, 0.25) is 5.91 Å². The van der Waals surface area contributed by atoms with Gasteiger partial charge in [0.05, 0.1) is 27.6 Å². The maximum atomic E-state index is 12.9. The number of hydrogen-bond donors (Lipinski definition) is 3. The van der Waals surface area contributed by atoms with Gasteiger partial charge in [-0.1, -0.05) is 23.6 Å². The first kappa shape index (κ1) is 25.0. The van der Waals surface area contributed by atoms with E-state index in [1.54, 1.807) is 0 Å². The predicted octanol–water partition coefficient (Wildman–Crippen LogP) is 3.03. The molecular formula is C20H17ClF3N3O4S. The van der Waals surface area contributed by atoms with Crippen molar-refractivity contribution in [3.05, 3.63) is 58.6 Å². The van der Waals surface area contributed by atoms with Crippen molar-refractivity contribution >= 4 is 39.1 Å². The summed E-state index contributed by atoms with van der Waals surface area (Å²) < 4.78 is 65.8. The fourth-order valence-corrected chi connectivity index (χ4v) is 3.72. The maximum Gasteiger partial charge on any atom is 0.416 e. The van der Waals surface area contributed by atoms with Crippen LogP contribution in [-0.4, -0.2) is 33.3 Å². The maximum absolute atomic E-state index is 12.9. The predicted molar refractivity (Wildman–Crippen MR) is 112 cm³/mol. The number of anilines is 1. The van der Waals surface area contributed by atoms with Gasteiger partial charge in [-0.25, -0.2) is 8.42 Å². The number of hydrogen-bond acceptors (Lipinski definition) is 4. The average Bonchev–Trinajstić information content (AvgIpc) is 2.71. The van der Waals surface area contributed by atoms with Crippen molar-refractivity contribution in [3.63, 3.8) is 0 Å². The zero-order valence-corrected chi connectivity index (χ0v) is 17.9. The highest BCUT2D eigenvalue weighted by Gasteiger charge is 2.30. The highest BCUT2D eigenvalue weighted by atomic mass is 35.5. The number of carbonyl (C=O) groups excluding carboxylic acids is 2. The Bertz CT molecular complexity index is 1160. The van der Waals surface area contributed by atoms with Crippen molar-refractivity contribution in [1.82, 2.24) is 10.6 Å². The molecule has 2 aromatic rings. The standard InChI is InChI=1S/C20H17ClF3N3O4S/c1-2-9-25-18(28)8-10-26-19(29)16-12-15(6-7-17(16)21)32(30,31)27-14-5-3-4-13(11-14)20(22,23)24/h1,3-7,11-12,27H,8-10H2,(H,25,28)(H,26,29). The van der Waals surface area contributed by atoms with Crippen LogP contribution in [0.4, 0.5) is 18.9 Å². The van der Waals surface area contributed by atoms with Gasteiger partial charge in [-0.3, -0.25) is 14.3 Å². The summed E-state index contributed by atoms with van der Waals surface area (Å²) in [6.45, 7) is -0.0254. The molecule has 0 heterocycles. The Kier molecular flexibility index (Phi) is 8.13. The third-order valence-electron chi connectivity index (χ3n) is 3.96. The Balaban J connectivity index is 2.16. The fraction of sp³-hybridized carbons (Fsp3) is 0.200. The van der Waals surface area contributed by atoms with Gasteiger partial charge in [-0.15, -0.1) is 6.42 Å². The lowest BCUT2D eigenvalue weighted by atomic mass is 10.2. The molecule has 0 spiro atoms. The van der Waals surface area contributed by atoms with Crippen LogP contribution < -0.4 is 15.4 Å². The Hall–Kier alpha value is -3.23. The molecule has 2 amide bonds. The van der Waals surface area contributed by atoms with Crippen LogP contribution in [0, 0.1) is 12.3 Å². The number of halogens is 4. The number of alkyl halides is 3. The van der Waals surface area contributed by atoms with Crippen LogP contribution in [0.15, 0.2) is 47.4 Å². The molecule has 0 fully saturated rings. The summed E-state index contributed by atoms with van der Waals surface area (Å²) in [5.74, 6) is 1.09. The minimum atomic E-state index is -4.65. The van der Waals surface area contributed by atoms with Crippen molar-refractivity contribution in [2.75, 3.05) is 17.8 Å². The molecule has 12 heteroatoms. The molecule has 0 bridgehead atoms. The van der Waals surface area contributed by atoms with E-state index in [0.717, 1.165) is 36.4 Å². The van der Waals surface area contributed by atoms with Gasteiger partial charge in [0.1, 0.15) is 0 Å². The highest BCUT2D eigenvalue weighted by Crippen LogP contribution is 2.31. The van der Waals surface area contributed by atoms with Gasteiger partial charge in [0.15, 0.2) is 0 Å². The van der Waals surface area contributed by atoms with Crippen LogP contribution in [0.5, 0.6) is 0 Å². The number of benzene rings is 2. The molecule has 2 aromatic carbocycles. The van der Waals surface area contributed by atoms with Crippen LogP contribution in [0.25, 0.3) is 0 Å². The first-order valence-electron chi connectivity index (χ1n) is 8.92. The third kappa shape index (κ3) is 6.90. The molecule has 0 aliphatic rings. The molecule has 7 nitrogen and oxygen atoms in total. The molecule has 0 aliphatic heterocycles. The van der Waals surface area contributed by atoms with Crippen molar-refractivity contribution < 1.29 is 31.2 Å². The Morgan fingerprint density at radius 2 is 1.81 bits per heavy atom. The number of terminal acetylenes is 1. The Labute approximate surface area is 187 Å². The van der Waals surface area contributed by atoms with Crippen molar-refractivity contribution in [2.24, 2.45) is 0 Å². The number of sulfonamides is 1. The second-order valence-corrected chi connectivity index (χ2v) is 8.40. The summed E-state index contributed by atoms with van der Waals surface area (Å²) in [5.41, 5.74) is -1.53. The zero-order valence-electron chi connectivity index (χ0n) is 16.3. The van der Waals surface area contributed by atoms with E-state index in [1.165, 1.54) is 0 Å². The topological polar surface area (TPSA) is 104 Å². The summed E-state index contributed by atoms with van der Waals surface area (Å²) in [6.07, 6.45) is 0.300. The summed E-state index contributed by atoms with van der Waals surface area (Å²) in [7, 11) is -4.33. The smallest absolute Gasteiger partial charge is 0.351 e. The molecule has 32 heavy (non-hydrogen) atoms. The van der Waals surface area contributed by atoms with Crippen LogP contribution in [-0.2, 0) is 21.0 Å². The highest BCUT2D eigenvalue weighted by molar-refractivity contribution is 7.92. The molecule has 170 valence electrons. The molecule has 0 aliphatic carbocycles. The monoisotopic (exact) mass is 487 g/mol. The average molecular weight is 488 g/mol. The second-order valence-electron chi connectivity index (χ2n) is 6.31. The fourth-order valence-electron chi connectivity index (χ4n) is 2.44. The third-order valence-corrected chi connectivity index (χ3v) is 5.67. The van der Waals surface area contributed by atoms with Gasteiger partial charge in [0.25, 0.3) is 15.9 Å². The molecule has 0 aromatic heterocycles. The van der Waals surface area contributed by atoms with E-state index in [9.17, 15) is 31.2 Å². The van der Waals surface area contributed by atoms with Crippen molar-refractivity contribution in [1.29, 1.82) is 0 Å². The first-order valence-corrected chi connectivity index (χ1v) is 10.8. The number of rotatable bonds is 8. The molecule has 2 rings (SSSR count). The molecule has 0 saturated heterocycles. The first-order chi connectivity index (χ1) is 14.9. The molecule has 3 N–H and O–H groups in total. The minimum Gasteiger partial charge on any atom is -0.351 e. The van der Waals surface area contributed by atoms with Gasteiger partial charge in [-0.05, 0) is 36.4 Å². The van der Waals surface area contributed by atoms with Gasteiger partial charge in [-0.2, -0.15) is 13.2 Å². The van der Waals surface area contributed by atoms with Crippen LogP contribution >= 0.6 is 11.6 Å². The van der Waals surface area contributed by atoms with E-state index < -0.39 is 38.5 Å². The van der Waals surface area contributed by atoms with Gasteiger partial charge in [0, 0.05) is 18.7 Å². The normalized spacial score (nSPS) is 11.3. The summed E-state index contributed by atoms with van der Waals surface area (Å²) >= 11 is 5.98. The Morgan fingerprint density at radius 1 is 1.09 bits per heavy atom. The summed E-state index contributed by atoms with van der Waals surface area (Å²) in [5, 5.41) is 4.78. The number of carbonyl (C=O) groups is 2. The molecule has 0 unspecified atom stereocenters. The van der Waals surface area contributed by atoms with Crippen molar-refractivity contribution in [3.8, 4) is 12.3 Å². The lowest BCUT2D eigenvalue weighted by Crippen LogP contribution is -2.31. The SMILES string of the molecule is C#CCNC(=O)CCNC(=O)c1cc(S(=O)(=O)Nc2cccc(C(F)(F)F)c2)ccc1Cl. The second kappa shape index (κ2) is 10.4. The van der Waals surface area contributed by atoms with Crippen LogP contribution in [0.3, 0.4) is 0 Å². The number of amides is 2. The minimum absolute atomic E-state index is 0.0391. The molecule has 0 atom stereocenters. The van der Waals surface area contributed by atoms with Gasteiger partial charge >= 0.3 is 6.18 Å². The van der Waals surface area contributed by atoms with Crippen LogP contribution in [0.2, 0.25) is 5.02 Å². The molecule has 0 radical (unpaired) electrons. The summed E-state index contributed by atoms with van der Waals surface area (Å²) in [6, 6.07) is 6.90. The molecule has 0 saturated carbocycles. The Morgan fingerprint density at radius 3 is 2.47 bits per heavy atom.